The van der Waals surface area contributed by atoms with E-state index in [2.05, 4.69) is 5.32 Å². The Hall–Kier alpha value is -4.17. The molecule has 0 heterocycles. The lowest BCUT2D eigenvalue weighted by Gasteiger charge is -2.28. The highest BCUT2D eigenvalue weighted by Gasteiger charge is 2.29. The van der Waals surface area contributed by atoms with Gasteiger partial charge in [-0.25, -0.2) is 14.4 Å². The predicted octanol–water partition coefficient (Wildman–Crippen LogP) is 4.25. The van der Waals surface area contributed by atoms with Crippen molar-refractivity contribution < 1.29 is 29.3 Å². The van der Waals surface area contributed by atoms with Crippen molar-refractivity contribution in [2.75, 3.05) is 13.1 Å². The quantitative estimate of drug-likeness (QED) is 0.336. The van der Waals surface area contributed by atoms with E-state index in [-0.39, 0.29) is 19.1 Å². The molecule has 0 aliphatic rings. The van der Waals surface area contributed by atoms with Gasteiger partial charge in [-0.2, -0.15) is 0 Å². The second-order valence-corrected chi connectivity index (χ2v) is 9.12. The van der Waals surface area contributed by atoms with E-state index in [1.807, 2.05) is 86.6 Å². The fraction of sp³-hybridized carbons (Fsp3) is 0.276. The number of aliphatic hydroxyl groups is 1. The zero-order valence-corrected chi connectivity index (χ0v) is 20.9. The van der Waals surface area contributed by atoms with Crippen LogP contribution in [0.4, 0.5) is 4.79 Å². The van der Waals surface area contributed by atoms with Crippen molar-refractivity contribution in [1.82, 2.24) is 10.2 Å². The summed E-state index contributed by atoms with van der Waals surface area (Å²) in [5.74, 6) is -2.09. The average Bonchev–Trinajstić information content (AvgIpc) is 2.90. The number of benzene rings is 3. The third kappa shape index (κ3) is 8.18. The molecule has 0 spiro atoms. The number of hydrogen-bond donors (Lipinski definition) is 3. The van der Waals surface area contributed by atoms with Gasteiger partial charge in [0, 0.05) is 6.54 Å². The van der Waals surface area contributed by atoms with Crippen molar-refractivity contribution >= 4 is 18.0 Å². The molecule has 0 aliphatic heterocycles. The number of aliphatic hydroxyl groups excluding tert-OH is 1. The van der Waals surface area contributed by atoms with Gasteiger partial charge in [-0.1, -0.05) is 98.8 Å². The van der Waals surface area contributed by atoms with Crippen LogP contribution in [0.25, 0.3) is 11.1 Å². The van der Waals surface area contributed by atoms with E-state index in [1.54, 1.807) is 12.1 Å². The van der Waals surface area contributed by atoms with Gasteiger partial charge in [0.15, 0.2) is 12.1 Å². The maximum atomic E-state index is 13.2. The standard InChI is InChI=1S/C29H32N2O6/c1-20(2)17-31(18-25(32)27(33)34)29(36)30-26(28(35)37-19-21-9-5-3-6-10-21)24-15-13-23(14-16-24)22-11-7-4-8-12-22/h3-16,20,25-26,32H,17-19H2,1-2H3,(H,30,36)(H,33,34)/t25-,26-/m0/s1. The van der Waals surface area contributed by atoms with E-state index in [1.165, 1.54) is 4.90 Å². The SMILES string of the molecule is CC(C)CN(C[C@H](O)C(=O)O)C(=O)N[C@H](C(=O)OCc1ccccc1)c1ccc(-c2ccccc2)cc1. The lowest BCUT2D eigenvalue weighted by molar-refractivity contribution is -0.148. The summed E-state index contributed by atoms with van der Waals surface area (Å²) in [6, 6.07) is 24.3. The Balaban J connectivity index is 1.84. The highest BCUT2D eigenvalue weighted by Crippen LogP contribution is 2.23. The van der Waals surface area contributed by atoms with Gasteiger partial charge in [-0.15, -0.1) is 0 Å². The van der Waals surface area contributed by atoms with Crippen LogP contribution in [0.5, 0.6) is 0 Å². The van der Waals surface area contributed by atoms with Gasteiger partial charge in [-0.3, -0.25) is 0 Å². The topological polar surface area (TPSA) is 116 Å². The second-order valence-electron chi connectivity index (χ2n) is 9.12. The number of carbonyl (C=O) groups is 3. The van der Waals surface area contributed by atoms with Gasteiger partial charge in [0.2, 0.25) is 0 Å². The van der Waals surface area contributed by atoms with Gasteiger partial charge in [-0.05, 0) is 28.2 Å². The summed E-state index contributed by atoms with van der Waals surface area (Å²) in [5.41, 5.74) is 3.26. The van der Waals surface area contributed by atoms with Crippen molar-refractivity contribution in [3.05, 3.63) is 96.1 Å². The molecular formula is C29H32N2O6. The third-order valence-corrected chi connectivity index (χ3v) is 5.63. The summed E-state index contributed by atoms with van der Waals surface area (Å²) >= 11 is 0. The minimum Gasteiger partial charge on any atom is -0.479 e. The number of ether oxygens (including phenoxy) is 1. The molecule has 3 aromatic carbocycles. The number of carboxylic acid groups (broad SMARTS) is 1. The first-order chi connectivity index (χ1) is 17.7. The van der Waals surface area contributed by atoms with Crippen LogP contribution in [-0.2, 0) is 20.9 Å². The number of rotatable bonds is 11. The number of carboxylic acids is 1. The van der Waals surface area contributed by atoms with E-state index >= 15 is 0 Å². The zero-order valence-electron chi connectivity index (χ0n) is 20.9. The summed E-state index contributed by atoms with van der Waals surface area (Å²) in [4.78, 5) is 38.7. The number of urea groups is 1. The molecule has 0 aromatic heterocycles. The highest BCUT2D eigenvalue weighted by atomic mass is 16.5. The Morgan fingerprint density at radius 2 is 1.41 bits per heavy atom. The molecule has 3 rings (SSSR count). The zero-order chi connectivity index (χ0) is 26.8. The number of nitrogens with one attached hydrogen (secondary N) is 1. The maximum Gasteiger partial charge on any atom is 0.334 e. The Labute approximate surface area is 216 Å². The van der Waals surface area contributed by atoms with Crippen LogP contribution in [0.15, 0.2) is 84.9 Å². The fourth-order valence-corrected chi connectivity index (χ4v) is 3.77. The predicted molar refractivity (Wildman–Crippen MR) is 139 cm³/mol. The van der Waals surface area contributed by atoms with E-state index in [9.17, 15) is 19.5 Å². The molecule has 2 amide bonds. The van der Waals surface area contributed by atoms with Crippen LogP contribution >= 0.6 is 0 Å². The van der Waals surface area contributed by atoms with Crippen LogP contribution in [0.3, 0.4) is 0 Å². The third-order valence-electron chi connectivity index (χ3n) is 5.63. The van der Waals surface area contributed by atoms with Gasteiger partial charge >= 0.3 is 18.0 Å². The maximum absolute atomic E-state index is 13.2. The molecule has 0 aliphatic carbocycles. The molecule has 8 heteroatoms. The summed E-state index contributed by atoms with van der Waals surface area (Å²) in [6.45, 7) is 3.53. The molecule has 0 fully saturated rings. The van der Waals surface area contributed by atoms with E-state index < -0.39 is 36.7 Å². The van der Waals surface area contributed by atoms with Gasteiger partial charge in [0.05, 0.1) is 6.54 Å². The molecular weight excluding hydrogens is 472 g/mol. The lowest BCUT2D eigenvalue weighted by Crippen LogP contribution is -2.49. The second kappa shape index (κ2) is 13.2. The Kier molecular flexibility index (Phi) is 9.80. The Morgan fingerprint density at radius 1 is 0.838 bits per heavy atom. The van der Waals surface area contributed by atoms with Crippen molar-refractivity contribution in [1.29, 1.82) is 0 Å². The first kappa shape index (κ1) is 27.4. The Bertz CT molecular complexity index is 1170. The smallest absolute Gasteiger partial charge is 0.334 e. The fourth-order valence-electron chi connectivity index (χ4n) is 3.77. The van der Waals surface area contributed by atoms with Crippen molar-refractivity contribution in [3.63, 3.8) is 0 Å². The van der Waals surface area contributed by atoms with E-state index in [0.717, 1.165) is 16.7 Å². The highest BCUT2D eigenvalue weighted by molar-refractivity contribution is 5.85. The van der Waals surface area contributed by atoms with Gasteiger partial charge < -0.3 is 25.2 Å². The normalized spacial score (nSPS) is 12.4. The number of amides is 2. The number of nitrogens with zero attached hydrogens (tertiary/aromatic N) is 1. The van der Waals surface area contributed by atoms with Crippen molar-refractivity contribution in [2.24, 2.45) is 5.92 Å². The molecule has 3 aromatic rings. The summed E-state index contributed by atoms with van der Waals surface area (Å²) in [7, 11) is 0. The molecule has 8 nitrogen and oxygen atoms in total. The minimum absolute atomic E-state index is 0.000355. The first-order valence-electron chi connectivity index (χ1n) is 12.1. The average molecular weight is 505 g/mol. The molecule has 0 bridgehead atoms. The summed E-state index contributed by atoms with van der Waals surface area (Å²) < 4.78 is 5.52. The van der Waals surface area contributed by atoms with E-state index in [0.29, 0.717) is 5.56 Å². The molecule has 0 saturated heterocycles. The Morgan fingerprint density at radius 3 is 1.97 bits per heavy atom. The number of carbonyl (C=O) groups excluding carboxylic acids is 2. The minimum atomic E-state index is -1.75. The molecule has 194 valence electrons. The lowest BCUT2D eigenvalue weighted by atomic mass is 10.0. The van der Waals surface area contributed by atoms with Crippen LogP contribution in [-0.4, -0.2) is 52.3 Å². The monoisotopic (exact) mass is 504 g/mol. The molecule has 0 radical (unpaired) electrons. The molecule has 0 saturated carbocycles. The van der Waals surface area contributed by atoms with Crippen LogP contribution in [0.1, 0.15) is 31.0 Å². The molecule has 37 heavy (non-hydrogen) atoms. The number of esters is 1. The largest absolute Gasteiger partial charge is 0.479 e. The number of hydrogen-bond acceptors (Lipinski definition) is 5. The molecule has 0 unspecified atom stereocenters. The summed E-state index contributed by atoms with van der Waals surface area (Å²) in [5, 5.41) is 21.7. The van der Waals surface area contributed by atoms with Gasteiger partial charge in [0.1, 0.15) is 6.61 Å². The van der Waals surface area contributed by atoms with Crippen LogP contribution in [0, 0.1) is 5.92 Å². The number of aliphatic carboxylic acids is 1. The van der Waals surface area contributed by atoms with Gasteiger partial charge in [0.25, 0.3) is 0 Å². The molecule has 3 N–H and O–H groups in total. The van der Waals surface area contributed by atoms with Crippen LogP contribution in [0.2, 0.25) is 0 Å². The van der Waals surface area contributed by atoms with Crippen LogP contribution < -0.4 is 5.32 Å². The molecule has 2 atom stereocenters. The summed E-state index contributed by atoms with van der Waals surface area (Å²) in [6.07, 6.45) is -1.75. The first-order valence-corrected chi connectivity index (χ1v) is 12.1. The van der Waals surface area contributed by atoms with Crippen molar-refractivity contribution in [3.8, 4) is 11.1 Å². The van der Waals surface area contributed by atoms with E-state index in [4.69, 9.17) is 9.84 Å². The van der Waals surface area contributed by atoms with Crippen molar-refractivity contribution in [2.45, 2.75) is 32.6 Å².